The lowest BCUT2D eigenvalue weighted by atomic mass is 9.93. The summed E-state index contributed by atoms with van der Waals surface area (Å²) in [6, 6.07) is 0.303. The monoisotopic (exact) mass is 187 g/mol. The Morgan fingerprint density at radius 2 is 2.31 bits per heavy atom. The second-order valence-corrected chi connectivity index (χ2v) is 3.94. The van der Waals surface area contributed by atoms with E-state index in [-0.39, 0.29) is 12.2 Å². The molecule has 0 saturated heterocycles. The Labute approximate surface area is 80.3 Å². The van der Waals surface area contributed by atoms with Gasteiger partial charge in [0.05, 0.1) is 18.8 Å². The zero-order chi connectivity index (χ0) is 9.68. The van der Waals surface area contributed by atoms with Gasteiger partial charge in [-0.15, -0.1) is 0 Å². The Hall–Kier alpha value is -0.120. The van der Waals surface area contributed by atoms with E-state index in [1.165, 1.54) is 0 Å². The van der Waals surface area contributed by atoms with Crippen molar-refractivity contribution < 1.29 is 9.84 Å². The summed E-state index contributed by atoms with van der Waals surface area (Å²) in [5, 5.41) is 9.30. The summed E-state index contributed by atoms with van der Waals surface area (Å²) in [5.41, 5.74) is 5.82. The van der Waals surface area contributed by atoms with Gasteiger partial charge in [0.2, 0.25) is 0 Å². The van der Waals surface area contributed by atoms with Crippen molar-refractivity contribution in [3.05, 3.63) is 0 Å². The molecule has 0 aromatic carbocycles. The molecule has 1 aliphatic rings. The molecule has 3 nitrogen and oxygen atoms in total. The third kappa shape index (κ3) is 4.07. The maximum Gasteiger partial charge on any atom is 0.0771 e. The zero-order valence-corrected chi connectivity index (χ0v) is 8.41. The number of ether oxygens (including phenoxy) is 1. The minimum absolute atomic E-state index is 0.282. The van der Waals surface area contributed by atoms with Crippen molar-refractivity contribution in [3.63, 3.8) is 0 Å². The van der Waals surface area contributed by atoms with Crippen LogP contribution in [0.5, 0.6) is 0 Å². The SMILES string of the molecule is CCC(O)COC1CCCC(N)C1. The molecule has 13 heavy (non-hydrogen) atoms. The molecule has 0 spiro atoms. The van der Waals surface area contributed by atoms with Crippen molar-refractivity contribution in [2.45, 2.75) is 57.3 Å². The molecule has 3 unspecified atom stereocenters. The van der Waals surface area contributed by atoms with E-state index < -0.39 is 0 Å². The van der Waals surface area contributed by atoms with E-state index in [9.17, 15) is 5.11 Å². The van der Waals surface area contributed by atoms with Crippen LogP contribution in [0.15, 0.2) is 0 Å². The van der Waals surface area contributed by atoms with E-state index in [0.717, 1.165) is 32.1 Å². The normalized spacial score (nSPS) is 31.6. The lowest BCUT2D eigenvalue weighted by molar-refractivity contribution is -0.0272. The van der Waals surface area contributed by atoms with Crippen LogP contribution in [0.3, 0.4) is 0 Å². The fourth-order valence-corrected chi connectivity index (χ4v) is 1.70. The first-order valence-electron chi connectivity index (χ1n) is 5.27. The third-order valence-electron chi connectivity index (χ3n) is 2.66. The highest BCUT2D eigenvalue weighted by Crippen LogP contribution is 2.19. The quantitative estimate of drug-likeness (QED) is 0.691. The summed E-state index contributed by atoms with van der Waals surface area (Å²) < 4.78 is 5.58. The molecule has 3 atom stereocenters. The molecule has 3 N–H and O–H groups in total. The van der Waals surface area contributed by atoms with E-state index in [0.29, 0.717) is 12.6 Å². The molecule has 0 aliphatic heterocycles. The van der Waals surface area contributed by atoms with Crippen LogP contribution in [0, 0.1) is 0 Å². The minimum atomic E-state index is -0.307. The van der Waals surface area contributed by atoms with Crippen molar-refractivity contribution in [1.29, 1.82) is 0 Å². The third-order valence-corrected chi connectivity index (χ3v) is 2.66. The van der Waals surface area contributed by atoms with Crippen molar-refractivity contribution >= 4 is 0 Å². The first-order valence-corrected chi connectivity index (χ1v) is 5.27. The molecule has 0 radical (unpaired) electrons. The van der Waals surface area contributed by atoms with Gasteiger partial charge >= 0.3 is 0 Å². The Morgan fingerprint density at radius 3 is 2.92 bits per heavy atom. The number of nitrogens with two attached hydrogens (primary N) is 1. The minimum Gasteiger partial charge on any atom is -0.391 e. The van der Waals surface area contributed by atoms with Crippen molar-refractivity contribution in [3.8, 4) is 0 Å². The average Bonchev–Trinajstić information content (AvgIpc) is 2.14. The molecule has 0 aromatic heterocycles. The standard InChI is InChI=1S/C10H21NO2/c1-2-9(12)7-13-10-5-3-4-8(11)6-10/h8-10,12H,2-7,11H2,1H3. The topological polar surface area (TPSA) is 55.5 Å². The lowest BCUT2D eigenvalue weighted by Crippen LogP contribution is -2.33. The van der Waals surface area contributed by atoms with Gasteiger partial charge < -0.3 is 15.6 Å². The molecule has 0 bridgehead atoms. The molecule has 1 rings (SSSR count). The van der Waals surface area contributed by atoms with Gasteiger partial charge in [0.15, 0.2) is 0 Å². The predicted octanol–water partition coefficient (Wildman–Crippen LogP) is 1.04. The van der Waals surface area contributed by atoms with E-state index >= 15 is 0 Å². The van der Waals surface area contributed by atoms with Gasteiger partial charge in [-0.05, 0) is 32.1 Å². The van der Waals surface area contributed by atoms with E-state index in [2.05, 4.69) is 0 Å². The van der Waals surface area contributed by atoms with E-state index in [4.69, 9.17) is 10.5 Å². The van der Waals surface area contributed by atoms with Crippen LogP contribution in [-0.4, -0.2) is 30.0 Å². The number of aliphatic hydroxyl groups excluding tert-OH is 1. The molecule has 1 fully saturated rings. The molecule has 0 aromatic rings. The average molecular weight is 187 g/mol. The number of hydrogen-bond donors (Lipinski definition) is 2. The van der Waals surface area contributed by atoms with Gasteiger partial charge in [-0.25, -0.2) is 0 Å². The van der Waals surface area contributed by atoms with E-state index in [1.807, 2.05) is 6.92 Å². The Balaban J connectivity index is 2.13. The molecule has 3 heteroatoms. The van der Waals surface area contributed by atoms with Crippen LogP contribution < -0.4 is 5.73 Å². The van der Waals surface area contributed by atoms with Crippen LogP contribution in [0.25, 0.3) is 0 Å². The first-order chi connectivity index (χ1) is 6.22. The van der Waals surface area contributed by atoms with Gasteiger partial charge in [-0.3, -0.25) is 0 Å². The van der Waals surface area contributed by atoms with Crippen LogP contribution in [0.2, 0.25) is 0 Å². The Morgan fingerprint density at radius 1 is 1.54 bits per heavy atom. The van der Waals surface area contributed by atoms with E-state index in [1.54, 1.807) is 0 Å². The fourth-order valence-electron chi connectivity index (χ4n) is 1.70. The molecule has 0 amide bonds. The summed E-state index contributed by atoms with van der Waals surface area (Å²) in [7, 11) is 0. The second kappa shape index (κ2) is 5.58. The first kappa shape index (κ1) is 11.0. The maximum absolute atomic E-state index is 9.30. The largest absolute Gasteiger partial charge is 0.391 e. The second-order valence-electron chi connectivity index (χ2n) is 3.94. The Kier molecular flexibility index (Phi) is 4.70. The smallest absolute Gasteiger partial charge is 0.0771 e. The highest BCUT2D eigenvalue weighted by atomic mass is 16.5. The number of aliphatic hydroxyl groups is 1. The molecule has 78 valence electrons. The molecule has 0 heterocycles. The van der Waals surface area contributed by atoms with Gasteiger partial charge in [-0.2, -0.15) is 0 Å². The fraction of sp³-hybridized carbons (Fsp3) is 1.00. The molecular weight excluding hydrogens is 166 g/mol. The summed E-state index contributed by atoms with van der Waals surface area (Å²) in [6.45, 7) is 2.43. The Bertz CT molecular complexity index is 141. The lowest BCUT2D eigenvalue weighted by Gasteiger charge is -2.27. The highest BCUT2D eigenvalue weighted by molar-refractivity contribution is 4.75. The predicted molar refractivity (Wildman–Crippen MR) is 52.5 cm³/mol. The van der Waals surface area contributed by atoms with Crippen molar-refractivity contribution in [2.75, 3.05) is 6.61 Å². The van der Waals surface area contributed by atoms with Crippen LogP contribution >= 0.6 is 0 Å². The summed E-state index contributed by atoms with van der Waals surface area (Å²) in [4.78, 5) is 0. The zero-order valence-electron chi connectivity index (χ0n) is 8.41. The number of hydrogen-bond acceptors (Lipinski definition) is 3. The van der Waals surface area contributed by atoms with Gasteiger partial charge in [0, 0.05) is 6.04 Å². The van der Waals surface area contributed by atoms with Crippen molar-refractivity contribution in [2.24, 2.45) is 5.73 Å². The van der Waals surface area contributed by atoms with Crippen molar-refractivity contribution in [1.82, 2.24) is 0 Å². The summed E-state index contributed by atoms with van der Waals surface area (Å²) in [6.07, 6.45) is 5.08. The van der Waals surface area contributed by atoms with Crippen LogP contribution in [0.1, 0.15) is 39.0 Å². The van der Waals surface area contributed by atoms with Gasteiger partial charge in [0.25, 0.3) is 0 Å². The molecule has 1 saturated carbocycles. The number of rotatable bonds is 4. The van der Waals surface area contributed by atoms with Gasteiger partial charge in [-0.1, -0.05) is 6.92 Å². The van der Waals surface area contributed by atoms with Crippen LogP contribution in [-0.2, 0) is 4.74 Å². The summed E-state index contributed by atoms with van der Waals surface area (Å²) in [5.74, 6) is 0. The highest BCUT2D eigenvalue weighted by Gasteiger charge is 2.20. The maximum atomic E-state index is 9.30. The van der Waals surface area contributed by atoms with Crippen LogP contribution in [0.4, 0.5) is 0 Å². The summed E-state index contributed by atoms with van der Waals surface area (Å²) >= 11 is 0. The molecular formula is C10H21NO2. The molecule has 1 aliphatic carbocycles. The van der Waals surface area contributed by atoms with Gasteiger partial charge in [0.1, 0.15) is 0 Å².